The number of anilines is 1. The third-order valence-electron chi connectivity index (χ3n) is 4.97. The van der Waals surface area contributed by atoms with E-state index in [1.165, 1.54) is 16.8 Å². The Morgan fingerprint density at radius 2 is 2.10 bits per heavy atom. The van der Waals surface area contributed by atoms with Crippen LogP contribution < -0.4 is 15.8 Å². The number of ether oxygens (including phenoxy) is 1. The SMILES string of the molecule is NC(=O)c1cccc2c1cnn2-c1nc(NCc2cccc(F)c2)c2c(n1)OCC2. The van der Waals surface area contributed by atoms with Gasteiger partial charge in [-0.1, -0.05) is 18.2 Å². The molecule has 1 amide bonds. The van der Waals surface area contributed by atoms with Gasteiger partial charge in [0.05, 0.1) is 29.4 Å². The first-order valence-electron chi connectivity index (χ1n) is 9.39. The summed E-state index contributed by atoms with van der Waals surface area (Å²) >= 11 is 0. The van der Waals surface area contributed by atoms with Crippen molar-refractivity contribution in [2.24, 2.45) is 5.73 Å². The molecule has 0 saturated heterocycles. The molecule has 8 nitrogen and oxygen atoms in total. The Morgan fingerprint density at radius 1 is 1.23 bits per heavy atom. The van der Waals surface area contributed by atoms with E-state index in [2.05, 4.69) is 20.4 Å². The summed E-state index contributed by atoms with van der Waals surface area (Å²) in [7, 11) is 0. The summed E-state index contributed by atoms with van der Waals surface area (Å²) in [4.78, 5) is 20.8. The number of hydrogen-bond donors (Lipinski definition) is 2. The molecular formula is C21H17FN6O2. The van der Waals surface area contributed by atoms with Crippen molar-refractivity contribution in [1.82, 2.24) is 19.7 Å². The summed E-state index contributed by atoms with van der Waals surface area (Å²) < 4.78 is 20.7. The van der Waals surface area contributed by atoms with Crippen LogP contribution in [0.1, 0.15) is 21.5 Å². The number of carbonyl (C=O) groups excluding carboxylic acids is 1. The Morgan fingerprint density at radius 3 is 2.93 bits per heavy atom. The van der Waals surface area contributed by atoms with E-state index < -0.39 is 5.91 Å². The van der Waals surface area contributed by atoms with Crippen molar-refractivity contribution in [1.29, 1.82) is 0 Å². The van der Waals surface area contributed by atoms with Gasteiger partial charge in [-0.3, -0.25) is 4.79 Å². The van der Waals surface area contributed by atoms with E-state index in [-0.39, 0.29) is 5.82 Å². The van der Waals surface area contributed by atoms with Crippen LogP contribution in [-0.4, -0.2) is 32.3 Å². The minimum Gasteiger partial charge on any atom is -0.477 e. The highest BCUT2D eigenvalue weighted by atomic mass is 19.1. The Kier molecular flexibility index (Phi) is 4.27. The Balaban J connectivity index is 1.56. The maximum atomic E-state index is 13.5. The predicted molar refractivity (Wildman–Crippen MR) is 108 cm³/mol. The van der Waals surface area contributed by atoms with Gasteiger partial charge in [0.1, 0.15) is 11.6 Å². The van der Waals surface area contributed by atoms with Crippen molar-refractivity contribution in [2.45, 2.75) is 13.0 Å². The monoisotopic (exact) mass is 404 g/mol. The van der Waals surface area contributed by atoms with Gasteiger partial charge in [0.15, 0.2) is 0 Å². The molecule has 0 spiro atoms. The number of rotatable bonds is 5. The largest absolute Gasteiger partial charge is 0.477 e. The second kappa shape index (κ2) is 7.11. The molecule has 2 aromatic carbocycles. The first-order chi connectivity index (χ1) is 14.6. The second-order valence-corrected chi connectivity index (χ2v) is 6.90. The summed E-state index contributed by atoms with van der Waals surface area (Å²) in [6.45, 7) is 0.903. The molecule has 1 aliphatic heterocycles. The summed E-state index contributed by atoms with van der Waals surface area (Å²) in [5.74, 6) is 0.562. The normalized spacial score (nSPS) is 12.6. The lowest BCUT2D eigenvalue weighted by Crippen LogP contribution is -2.11. The van der Waals surface area contributed by atoms with Crippen LogP contribution in [0.15, 0.2) is 48.7 Å². The molecule has 1 aliphatic rings. The fourth-order valence-electron chi connectivity index (χ4n) is 3.55. The summed E-state index contributed by atoms with van der Waals surface area (Å²) in [5, 5.41) is 8.23. The average Bonchev–Trinajstić information content (AvgIpc) is 3.38. The van der Waals surface area contributed by atoms with Gasteiger partial charge >= 0.3 is 0 Å². The lowest BCUT2D eigenvalue weighted by atomic mass is 10.1. The average molecular weight is 404 g/mol. The predicted octanol–water partition coefficient (Wildman–Crippen LogP) is 2.60. The Labute approximate surface area is 170 Å². The van der Waals surface area contributed by atoms with Gasteiger partial charge in [0.25, 0.3) is 5.95 Å². The van der Waals surface area contributed by atoms with E-state index in [9.17, 15) is 9.18 Å². The van der Waals surface area contributed by atoms with E-state index in [0.29, 0.717) is 53.7 Å². The maximum Gasteiger partial charge on any atom is 0.256 e. The van der Waals surface area contributed by atoms with Crippen molar-refractivity contribution in [3.05, 3.63) is 71.2 Å². The Bertz CT molecular complexity index is 1290. The van der Waals surface area contributed by atoms with Crippen molar-refractivity contribution < 1.29 is 13.9 Å². The molecule has 0 bridgehead atoms. The van der Waals surface area contributed by atoms with Crippen LogP contribution in [0.2, 0.25) is 0 Å². The van der Waals surface area contributed by atoms with E-state index in [1.807, 2.05) is 12.1 Å². The zero-order chi connectivity index (χ0) is 20.7. The number of fused-ring (bicyclic) bond motifs is 2. The molecular weight excluding hydrogens is 387 g/mol. The van der Waals surface area contributed by atoms with E-state index in [1.54, 1.807) is 24.4 Å². The minimum absolute atomic E-state index is 0.292. The van der Waals surface area contributed by atoms with Gasteiger partial charge < -0.3 is 15.8 Å². The number of amides is 1. The number of nitrogens with zero attached hydrogens (tertiary/aromatic N) is 4. The van der Waals surface area contributed by atoms with E-state index in [4.69, 9.17) is 10.5 Å². The van der Waals surface area contributed by atoms with Crippen LogP contribution in [0.4, 0.5) is 10.2 Å². The lowest BCUT2D eigenvalue weighted by molar-refractivity contribution is 0.100. The summed E-state index contributed by atoms with van der Waals surface area (Å²) in [6, 6.07) is 11.6. The first-order valence-corrected chi connectivity index (χ1v) is 9.39. The van der Waals surface area contributed by atoms with Crippen molar-refractivity contribution >= 4 is 22.6 Å². The summed E-state index contributed by atoms with van der Waals surface area (Å²) in [6.07, 6.45) is 2.24. The first kappa shape index (κ1) is 18.0. The van der Waals surface area contributed by atoms with Crippen LogP contribution in [0, 0.1) is 5.82 Å². The quantitative estimate of drug-likeness (QED) is 0.529. The zero-order valence-electron chi connectivity index (χ0n) is 15.8. The van der Waals surface area contributed by atoms with Gasteiger partial charge in [0.2, 0.25) is 11.8 Å². The van der Waals surface area contributed by atoms with Crippen molar-refractivity contribution in [3.8, 4) is 11.8 Å². The molecule has 5 rings (SSSR count). The van der Waals surface area contributed by atoms with Crippen LogP contribution in [0.25, 0.3) is 16.9 Å². The Hall–Kier alpha value is -4.01. The fourth-order valence-corrected chi connectivity index (χ4v) is 3.55. The number of halogens is 1. The van der Waals surface area contributed by atoms with E-state index >= 15 is 0 Å². The topological polar surface area (TPSA) is 108 Å². The van der Waals surface area contributed by atoms with Gasteiger partial charge in [-0.25, -0.2) is 4.39 Å². The number of carbonyl (C=O) groups is 1. The molecule has 4 aromatic rings. The molecule has 3 N–H and O–H groups in total. The molecule has 2 aromatic heterocycles. The molecule has 0 saturated carbocycles. The van der Waals surface area contributed by atoms with Gasteiger partial charge in [0, 0.05) is 18.4 Å². The van der Waals surface area contributed by atoms with Gasteiger partial charge in [-0.05, 0) is 29.8 Å². The van der Waals surface area contributed by atoms with Crippen LogP contribution in [-0.2, 0) is 13.0 Å². The third kappa shape index (κ3) is 3.10. The second-order valence-electron chi connectivity index (χ2n) is 6.90. The highest BCUT2D eigenvalue weighted by molar-refractivity contribution is 6.05. The molecule has 0 fully saturated rings. The molecule has 0 unspecified atom stereocenters. The van der Waals surface area contributed by atoms with Crippen molar-refractivity contribution in [2.75, 3.05) is 11.9 Å². The number of benzene rings is 2. The van der Waals surface area contributed by atoms with Crippen molar-refractivity contribution in [3.63, 3.8) is 0 Å². The third-order valence-corrected chi connectivity index (χ3v) is 4.97. The molecule has 0 radical (unpaired) electrons. The van der Waals surface area contributed by atoms with Crippen LogP contribution >= 0.6 is 0 Å². The molecule has 0 aliphatic carbocycles. The molecule has 3 heterocycles. The number of nitrogens with two attached hydrogens (primary N) is 1. The number of nitrogens with one attached hydrogen (secondary N) is 1. The number of aromatic nitrogens is 4. The number of primary amides is 1. The highest BCUT2D eigenvalue weighted by Crippen LogP contribution is 2.31. The molecule has 0 atom stereocenters. The van der Waals surface area contributed by atoms with E-state index in [0.717, 1.165) is 11.1 Å². The fraction of sp³-hybridized carbons (Fsp3) is 0.143. The minimum atomic E-state index is -0.532. The van der Waals surface area contributed by atoms with Gasteiger partial charge in [-0.15, -0.1) is 0 Å². The zero-order valence-corrected chi connectivity index (χ0v) is 15.8. The lowest BCUT2D eigenvalue weighted by Gasteiger charge is -2.12. The van der Waals surface area contributed by atoms with Gasteiger partial charge in [-0.2, -0.15) is 19.7 Å². The molecule has 9 heteroatoms. The molecule has 150 valence electrons. The highest BCUT2D eigenvalue weighted by Gasteiger charge is 2.23. The maximum absolute atomic E-state index is 13.5. The smallest absolute Gasteiger partial charge is 0.256 e. The number of hydrogen-bond acceptors (Lipinski definition) is 6. The standard InChI is InChI=1S/C21H17FN6O2/c22-13-4-1-3-12(9-13)10-24-19-15-7-8-30-20(15)27-21(26-19)28-17-6-2-5-14(18(23)29)16(17)11-25-28/h1-6,9,11H,7-8,10H2,(H2,23,29)(H,24,26,27). The van der Waals surface area contributed by atoms with Crippen LogP contribution in [0.3, 0.4) is 0 Å². The summed E-state index contributed by atoms with van der Waals surface area (Å²) in [5.41, 5.74) is 8.15. The van der Waals surface area contributed by atoms with Crippen LogP contribution in [0.5, 0.6) is 5.88 Å². The molecule has 30 heavy (non-hydrogen) atoms.